The number of nitrogen functional groups attached to an aromatic ring is 1. The lowest BCUT2D eigenvalue weighted by Crippen LogP contribution is -2.15. The molecule has 30 heavy (non-hydrogen) atoms. The van der Waals surface area contributed by atoms with Gasteiger partial charge in [-0.3, -0.25) is 5.41 Å². The molecule has 3 heterocycles. The number of benzene rings is 1. The molecule has 0 bridgehead atoms. The molecule has 150 valence electrons. The molecule has 0 aliphatic rings. The topological polar surface area (TPSA) is 127 Å². The van der Waals surface area contributed by atoms with E-state index >= 15 is 0 Å². The number of nitrogens with zero attached hydrogens (tertiary/aromatic N) is 4. The van der Waals surface area contributed by atoms with Gasteiger partial charge in [-0.25, -0.2) is 19.3 Å². The van der Waals surface area contributed by atoms with E-state index < -0.39 is 0 Å². The van der Waals surface area contributed by atoms with Crippen LogP contribution in [0.25, 0.3) is 16.3 Å². The summed E-state index contributed by atoms with van der Waals surface area (Å²) in [5.41, 5.74) is 8.06. The fourth-order valence-electron chi connectivity index (χ4n) is 2.65. The number of hydrogen-bond donors (Lipinski definition) is 3. The van der Waals surface area contributed by atoms with Gasteiger partial charge in [0.05, 0.1) is 11.3 Å². The molecule has 0 unspecified atom stereocenters. The second-order valence-corrected chi connectivity index (χ2v) is 7.03. The third kappa shape index (κ3) is 4.23. The molecule has 0 atom stereocenters. The number of nitrogens with one attached hydrogen (secondary N) is 2. The molecule has 0 saturated carbocycles. The number of halogens is 1. The predicted octanol–water partition coefficient (Wildman–Crippen LogP) is 3.51. The van der Waals surface area contributed by atoms with Crippen LogP contribution in [0, 0.1) is 11.2 Å². The van der Waals surface area contributed by atoms with Gasteiger partial charge in [-0.15, -0.1) is 11.3 Å². The maximum absolute atomic E-state index is 13.9. The molecule has 10 heteroatoms. The van der Waals surface area contributed by atoms with Gasteiger partial charge < -0.3 is 15.6 Å². The third-order valence-corrected chi connectivity index (χ3v) is 4.96. The number of thiazole rings is 1. The molecule has 0 radical (unpaired) electrons. The van der Waals surface area contributed by atoms with Crippen LogP contribution < -0.4 is 11.1 Å². The van der Waals surface area contributed by atoms with E-state index in [4.69, 9.17) is 15.7 Å². The van der Waals surface area contributed by atoms with Gasteiger partial charge in [0.2, 0.25) is 0 Å². The first-order valence-electron chi connectivity index (χ1n) is 8.83. The van der Waals surface area contributed by atoms with Crippen molar-refractivity contribution in [2.45, 2.75) is 6.54 Å². The van der Waals surface area contributed by atoms with Crippen LogP contribution in [0.4, 0.5) is 10.2 Å². The molecule has 1 aromatic carbocycles. The lowest BCUT2D eigenvalue weighted by atomic mass is 10.2. The molecule has 8 nitrogen and oxygen atoms in total. The van der Waals surface area contributed by atoms with Gasteiger partial charge in [0.15, 0.2) is 5.82 Å². The number of hydrogen-bond acceptors (Lipinski definition) is 9. The lowest BCUT2D eigenvalue weighted by Gasteiger charge is -2.10. The van der Waals surface area contributed by atoms with Crippen molar-refractivity contribution in [2.24, 2.45) is 0 Å². The summed E-state index contributed by atoms with van der Waals surface area (Å²) in [4.78, 5) is 12.7. The molecule has 0 aliphatic heterocycles. The Balaban J connectivity index is 1.59. The van der Waals surface area contributed by atoms with E-state index in [0.717, 1.165) is 0 Å². The summed E-state index contributed by atoms with van der Waals surface area (Å²) in [6.07, 6.45) is 6.12. The zero-order valence-corrected chi connectivity index (χ0v) is 16.4. The fraction of sp³-hybridized carbons (Fsp3) is 0.0500. The number of aromatic nitrogens is 4. The zero-order valence-electron chi connectivity index (χ0n) is 15.5. The number of anilines is 1. The molecule has 0 saturated heterocycles. The average Bonchev–Trinajstić information content (AvgIpc) is 3.46. The van der Waals surface area contributed by atoms with Crippen LogP contribution in [0.15, 0.2) is 65.0 Å². The minimum Gasteiger partial charge on any atom is -0.383 e. The van der Waals surface area contributed by atoms with Crippen molar-refractivity contribution in [1.82, 2.24) is 25.4 Å². The highest BCUT2D eigenvalue weighted by atomic mass is 32.1. The van der Waals surface area contributed by atoms with Crippen molar-refractivity contribution in [1.29, 1.82) is 5.41 Å². The van der Waals surface area contributed by atoms with Gasteiger partial charge in [-0.2, -0.15) is 0 Å². The highest BCUT2D eigenvalue weighted by Gasteiger charge is 2.13. The van der Waals surface area contributed by atoms with Crippen LogP contribution in [0.2, 0.25) is 0 Å². The summed E-state index contributed by atoms with van der Waals surface area (Å²) in [5.74, 6) is 0.0466. The van der Waals surface area contributed by atoms with Gasteiger partial charge in [0, 0.05) is 35.9 Å². The predicted molar refractivity (Wildman–Crippen MR) is 112 cm³/mol. The molecular weight excluding hydrogens is 405 g/mol. The molecule has 0 amide bonds. The SMILES string of the molecule is N=C(/C=C(\NCc1ccccc1F)c1ccon1)c1ncc(-c2nccs2)c(N)n1. The lowest BCUT2D eigenvalue weighted by molar-refractivity contribution is 0.417. The van der Waals surface area contributed by atoms with Crippen molar-refractivity contribution in [2.75, 3.05) is 5.73 Å². The van der Waals surface area contributed by atoms with Crippen LogP contribution in [-0.2, 0) is 6.54 Å². The molecule has 4 aromatic rings. The standard InChI is InChI=1S/C20H16FN7OS/c21-14-4-2-1-3-12(14)10-25-17(16-5-7-29-28-16)9-15(22)19-26-11-13(18(23)27-19)20-24-6-8-30-20/h1-9,11,22,25H,10H2,(H2,23,26,27)/b17-9-,22-15?. The highest BCUT2D eigenvalue weighted by Crippen LogP contribution is 2.25. The Hall–Kier alpha value is -3.92. The average molecular weight is 421 g/mol. The van der Waals surface area contributed by atoms with Crippen molar-refractivity contribution in [3.63, 3.8) is 0 Å². The number of nitrogens with two attached hydrogens (primary N) is 1. The minimum absolute atomic E-state index is 0.00595. The molecule has 3 aromatic heterocycles. The Morgan fingerprint density at radius 3 is 2.83 bits per heavy atom. The smallest absolute Gasteiger partial charge is 0.179 e. The Kier molecular flexibility index (Phi) is 5.57. The number of allylic oxidation sites excluding steroid dienone is 1. The van der Waals surface area contributed by atoms with E-state index in [-0.39, 0.29) is 29.7 Å². The van der Waals surface area contributed by atoms with Gasteiger partial charge in [0.1, 0.15) is 34.3 Å². The summed E-state index contributed by atoms with van der Waals surface area (Å²) in [5, 5.41) is 17.9. The van der Waals surface area contributed by atoms with E-state index in [1.165, 1.54) is 29.7 Å². The third-order valence-electron chi connectivity index (χ3n) is 4.15. The normalized spacial score (nSPS) is 11.4. The first-order chi connectivity index (χ1) is 14.6. The summed E-state index contributed by atoms with van der Waals surface area (Å²) in [6.45, 7) is 0.199. The van der Waals surface area contributed by atoms with Crippen molar-refractivity contribution in [3.8, 4) is 10.6 Å². The number of rotatable bonds is 7. The zero-order chi connectivity index (χ0) is 20.9. The molecule has 0 aliphatic carbocycles. The Morgan fingerprint density at radius 2 is 2.13 bits per heavy atom. The van der Waals surface area contributed by atoms with Gasteiger partial charge in [-0.05, 0) is 12.1 Å². The Labute approximate surface area is 174 Å². The van der Waals surface area contributed by atoms with E-state index in [0.29, 0.717) is 27.5 Å². The van der Waals surface area contributed by atoms with Crippen LogP contribution in [0.5, 0.6) is 0 Å². The summed E-state index contributed by atoms with van der Waals surface area (Å²) < 4.78 is 18.8. The summed E-state index contributed by atoms with van der Waals surface area (Å²) >= 11 is 1.42. The largest absolute Gasteiger partial charge is 0.383 e. The van der Waals surface area contributed by atoms with Crippen LogP contribution >= 0.6 is 11.3 Å². The molecule has 4 rings (SSSR count). The first kappa shape index (κ1) is 19.4. The summed E-state index contributed by atoms with van der Waals surface area (Å²) in [6, 6.07) is 8.07. The fourth-order valence-corrected chi connectivity index (χ4v) is 3.31. The van der Waals surface area contributed by atoms with Crippen molar-refractivity contribution >= 4 is 28.6 Å². The Bertz CT molecular complexity index is 1190. The van der Waals surface area contributed by atoms with Gasteiger partial charge in [-0.1, -0.05) is 23.4 Å². The van der Waals surface area contributed by atoms with Gasteiger partial charge >= 0.3 is 0 Å². The van der Waals surface area contributed by atoms with E-state index in [9.17, 15) is 4.39 Å². The van der Waals surface area contributed by atoms with E-state index in [1.54, 1.807) is 36.7 Å². The van der Waals surface area contributed by atoms with Crippen molar-refractivity contribution < 1.29 is 8.91 Å². The molecule has 0 spiro atoms. The molecule has 4 N–H and O–H groups in total. The van der Waals surface area contributed by atoms with E-state index in [2.05, 4.69) is 25.4 Å². The monoisotopic (exact) mass is 421 g/mol. The molecular formula is C20H16FN7OS. The quantitative estimate of drug-likeness (QED) is 0.390. The van der Waals surface area contributed by atoms with Gasteiger partial charge in [0.25, 0.3) is 0 Å². The second-order valence-electron chi connectivity index (χ2n) is 6.13. The van der Waals surface area contributed by atoms with Crippen LogP contribution in [0.1, 0.15) is 17.1 Å². The second kappa shape index (κ2) is 8.62. The minimum atomic E-state index is -0.325. The highest BCUT2D eigenvalue weighted by molar-refractivity contribution is 7.13. The van der Waals surface area contributed by atoms with Crippen molar-refractivity contribution in [3.05, 3.63) is 83.3 Å². The first-order valence-corrected chi connectivity index (χ1v) is 9.71. The maximum Gasteiger partial charge on any atom is 0.179 e. The summed E-state index contributed by atoms with van der Waals surface area (Å²) in [7, 11) is 0. The van der Waals surface area contributed by atoms with Crippen LogP contribution in [-0.4, -0.2) is 25.8 Å². The Morgan fingerprint density at radius 1 is 1.27 bits per heavy atom. The molecule has 0 fully saturated rings. The van der Waals surface area contributed by atoms with E-state index in [1.807, 2.05) is 5.38 Å². The maximum atomic E-state index is 13.9. The van der Waals surface area contributed by atoms with Crippen LogP contribution in [0.3, 0.4) is 0 Å².